The lowest BCUT2D eigenvalue weighted by Crippen LogP contribution is -2.09. The quantitative estimate of drug-likeness (QED) is 0.407. The smallest absolute Gasteiger partial charge is 0.306 e. The van der Waals surface area contributed by atoms with Crippen LogP contribution < -0.4 is 4.74 Å². The average molecular weight is 386 g/mol. The zero-order chi connectivity index (χ0) is 19.1. The molecule has 0 fully saturated rings. The number of ether oxygens (including phenoxy) is 2. The molecule has 1 aromatic carbocycles. The van der Waals surface area contributed by atoms with Gasteiger partial charge >= 0.3 is 5.97 Å². The molecule has 0 aliphatic carbocycles. The van der Waals surface area contributed by atoms with Crippen molar-refractivity contribution in [2.45, 2.75) is 26.4 Å². The Hall–Kier alpha value is -3.00. The van der Waals surface area contributed by atoms with E-state index in [-0.39, 0.29) is 31.1 Å². The van der Waals surface area contributed by atoms with Gasteiger partial charge in [-0.05, 0) is 42.6 Å². The van der Waals surface area contributed by atoms with Gasteiger partial charge in [0.15, 0.2) is 12.4 Å². The van der Waals surface area contributed by atoms with Gasteiger partial charge in [0.25, 0.3) is 5.89 Å². The number of hydrogen-bond acceptors (Lipinski definition) is 8. The van der Waals surface area contributed by atoms with Gasteiger partial charge in [0, 0.05) is 12.0 Å². The minimum atomic E-state index is -0.489. The van der Waals surface area contributed by atoms with Crippen LogP contribution in [0.5, 0.6) is 5.75 Å². The number of ketones is 1. The summed E-state index contributed by atoms with van der Waals surface area (Å²) < 4.78 is 15.6. The molecule has 3 rings (SSSR count). The second-order valence-corrected chi connectivity index (χ2v) is 6.48. The first-order valence-corrected chi connectivity index (χ1v) is 9.32. The van der Waals surface area contributed by atoms with Crippen molar-refractivity contribution in [2.75, 3.05) is 6.61 Å². The molecule has 27 heavy (non-hydrogen) atoms. The first-order chi connectivity index (χ1) is 13.2. The van der Waals surface area contributed by atoms with Crippen LogP contribution in [0.1, 0.15) is 35.9 Å². The lowest BCUT2D eigenvalue weighted by molar-refractivity contribution is -0.145. The summed E-state index contributed by atoms with van der Waals surface area (Å²) in [4.78, 5) is 29.0. The fourth-order valence-electron chi connectivity index (χ4n) is 2.29. The Balaban J connectivity index is 1.43. The highest BCUT2D eigenvalue weighted by Gasteiger charge is 2.13. The van der Waals surface area contributed by atoms with Crippen LogP contribution in [0.25, 0.3) is 10.8 Å². The predicted octanol–water partition coefficient (Wildman–Crippen LogP) is 3.90. The maximum atomic E-state index is 12.1. The molecule has 0 saturated carbocycles. The van der Waals surface area contributed by atoms with Gasteiger partial charge in [-0.1, -0.05) is 11.2 Å². The number of hydrogen-bond donors (Lipinski definition) is 0. The summed E-state index contributed by atoms with van der Waals surface area (Å²) in [5, 5.41) is 5.68. The fraction of sp³-hybridized carbons (Fsp3) is 0.263. The van der Waals surface area contributed by atoms with Crippen molar-refractivity contribution in [1.29, 1.82) is 0 Å². The second kappa shape index (κ2) is 9.09. The number of carbonyl (C=O) groups is 2. The molecule has 8 heteroatoms. The van der Waals surface area contributed by atoms with Crippen LogP contribution in [0.15, 0.2) is 46.3 Å². The van der Waals surface area contributed by atoms with E-state index in [0.29, 0.717) is 23.8 Å². The standard InChI is InChI=1S/C19H18N2O5S/c1-2-24-14-7-5-13(6-8-14)15(22)9-10-18(23)25-12-17-20-19(26-21-17)16-4-3-11-27-16/h3-8,11H,2,9-10,12H2,1H3. The topological polar surface area (TPSA) is 91.5 Å². The Morgan fingerprint density at radius 2 is 1.96 bits per heavy atom. The van der Waals surface area contributed by atoms with Gasteiger partial charge in [-0.2, -0.15) is 4.98 Å². The number of rotatable bonds is 9. The maximum Gasteiger partial charge on any atom is 0.306 e. The highest BCUT2D eigenvalue weighted by molar-refractivity contribution is 7.13. The van der Waals surface area contributed by atoms with Crippen molar-refractivity contribution in [1.82, 2.24) is 10.1 Å². The Kier molecular flexibility index (Phi) is 6.32. The Bertz CT molecular complexity index is 887. The third-order valence-corrected chi connectivity index (χ3v) is 4.46. The van der Waals surface area contributed by atoms with E-state index < -0.39 is 5.97 Å². The summed E-state index contributed by atoms with van der Waals surface area (Å²) in [6.07, 6.45) is 0.0567. The summed E-state index contributed by atoms with van der Waals surface area (Å²) in [7, 11) is 0. The van der Waals surface area contributed by atoms with Crippen LogP contribution in [0, 0.1) is 0 Å². The molecule has 0 bridgehead atoms. The average Bonchev–Trinajstić information content (AvgIpc) is 3.37. The lowest BCUT2D eigenvalue weighted by atomic mass is 10.1. The highest BCUT2D eigenvalue weighted by atomic mass is 32.1. The molecule has 0 atom stereocenters. The number of benzene rings is 1. The first-order valence-electron chi connectivity index (χ1n) is 8.44. The van der Waals surface area contributed by atoms with Gasteiger partial charge in [-0.25, -0.2) is 0 Å². The van der Waals surface area contributed by atoms with Crippen molar-refractivity contribution in [3.63, 3.8) is 0 Å². The molecule has 0 spiro atoms. The lowest BCUT2D eigenvalue weighted by Gasteiger charge is -2.05. The molecule has 140 valence electrons. The molecule has 2 heterocycles. The van der Waals surface area contributed by atoms with E-state index in [4.69, 9.17) is 14.0 Å². The van der Waals surface area contributed by atoms with Crippen LogP contribution in [-0.2, 0) is 16.1 Å². The minimum Gasteiger partial charge on any atom is -0.494 e. The molecule has 0 radical (unpaired) electrons. The van der Waals surface area contributed by atoms with Gasteiger partial charge in [0.05, 0.1) is 17.9 Å². The van der Waals surface area contributed by atoms with E-state index >= 15 is 0 Å². The Labute approximate surface area is 159 Å². The number of nitrogens with zero attached hydrogens (tertiary/aromatic N) is 2. The van der Waals surface area contributed by atoms with Crippen LogP contribution >= 0.6 is 11.3 Å². The molecular formula is C19H18N2O5S. The van der Waals surface area contributed by atoms with E-state index in [1.54, 1.807) is 24.3 Å². The molecule has 0 saturated heterocycles. The zero-order valence-electron chi connectivity index (χ0n) is 14.7. The summed E-state index contributed by atoms with van der Waals surface area (Å²) in [6.45, 7) is 2.36. The molecular weight excluding hydrogens is 368 g/mol. The number of thiophene rings is 1. The summed E-state index contributed by atoms with van der Waals surface area (Å²) in [5.41, 5.74) is 0.532. The third-order valence-electron chi connectivity index (χ3n) is 3.61. The minimum absolute atomic E-state index is 0.0122. The van der Waals surface area contributed by atoms with E-state index in [2.05, 4.69) is 10.1 Å². The SMILES string of the molecule is CCOc1ccc(C(=O)CCC(=O)OCc2noc(-c3cccs3)n2)cc1. The largest absolute Gasteiger partial charge is 0.494 e. The summed E-state index contributed by atoms with van der Waals surface area (Å²) >= 11 is 1.48. The molecule has 0 unspecified atom stereocenters. The van der Waals surface area contributed by atoms with Gasteiger partial charge in [-0.3, -0.25) is 9.59 Å². The predicted molar refractivity (Wildman–Crippen MR) is 98.6 cm³/mol. The number of Topliss-reactive ketones (excluding diaryl/α,β-unsaturated/α-hetero) is 1. The van der Waals surface area contributed by atoms with Gasteiger partial charge < -0.3 is 14.0 Å². The molecule has 0 N–H and O–H groups in total. The van der Waals surface area contributed by atoms with Crippen molar-refractivity contribution in [2.24, 2.45) is 0 Å². The number of esters is 1. The number of aromatic nitrogens is 2. The van der Waals surface area contributed by atoms with Crippen LogP contribution in [0.2, 0.25) is 0 Å². The van der Waals surface area contributed by atoms with Crippen LogP contribution in [-0.4, -0.2) is 28.5 Å². The molecule has 3 aromatic rings. The van der Waals surface area contributed by atoms with Crippen molar-refractivity contribution in [3.05, 3.63) is 53.2 Å². The molecule has 0 amide bonds. The van der Waals surface area contributed by atoms with Crippen LogP contribution in [0.4, 0.5) is 0 Å². The Morgan fingerprint density at radius 1 is 1.15 bits per heavy atom. The zero-order valence-corrected chi connectivity index (χ0v) is 15.5. The van der Waals surface area contributed by atoms with Gasteiger partial charge in [-0.15, -0.1) is 11.3 Å². The van der Waals surface area contributed by atoms with Crippen molar-refractivity contribution >= 4 is 23.1 Å². The number of carbonyl (C=O) groups excluding carboxylic acids is 2. The van der Waals surface area contributed by atoms with E-state index in [9.17, 15) is 9.59 Å². The normalized spacial score (nSPS) is 10.6. The molecule has 2 aromatic heterocycles. The maximum absolute atomic E-state index is 12.1. The summed E-state index contributed by atoms with van der Waals surface area (Å²) in [5.74, 6) is 0.758. The Morgan fingerprint density at radius 3 is 2.67 bits per heavy atom. The van der Waals surface area contributed by atoms with Crippen LogP contribution in [0.3, 0.4) is 0 Å². The van der Waals surface area contributed by atoms with Crippen molar-refractivity contribution < 1.29 is 23.6 Å². The molecule has 0 aliphatic rings. The first kappa shape index (κ1) is 18.8. The summed E-state index contributed by atoms with van der Waals surface area (Å²) in [6, 6.07) is 10.6. The highest BCUT2D eigenvalue weighted by Crippen LogP contribution is 2.22. The fourth-order valence-corrected chi connectivity index (χ4v) is 2.94. The second-order valence-electron chi connectivity index (χ2n) is 5.53. The van der Waals surface area contributed by atoms with Gasteiger partial charge in [0.2, 0.25) is 5.82 Å². The van der Waals surface area contributed by atoms with E-state index in [0.717, 1.165) is 4.88 Å². The van der Waals surface area contributed by atoms with Crippen molar-refractivity contribution in [3.8, 4) is 16.5 Å². The van der Waals surface area contributed by atoms with Gasteiger partial charge in [0.1, 0.15) is 5.75 Å². The third kappa shape index (κ3) is 5.24. The van der Waals surface area contributed by atoms with E-state index in [1.807, 2.05) is 24.4 Å². The monoisotopic (exact) mass is 386 g/mol. The molecule has 7 nitrogen and oxygen atoms in total. The molecule has 0 aliphatic heterocycles. The van der Waals surface area contributed by atoms with E-state index in [1.165, 1.54) is 11.3 Å².